The van der Waals surface area contributed by atoms with Crippen LogP contribution in [-0.4, -0.2) is 151 Å². The minimum atomic E-state index is -2.54. The maximum atomic E-state index is 11.9. The number of carbonyl (C=O) groups is 1. The number of hydrogen-bond donors (Lipinski definition) is 0. The summed E-state index contributed by atoms with van der Waals surface area (Å²) in [6.45, 7) is 21.0. The van der Waals surface area contributed by atoms with E-state index in [0.717, 1.165) is 0 Å². The Bertz CT molecular complexity index is 1140. The van der Waals surface area contributed by atoms with Crippen LogP contribution in [0.2, 0.25) is 5.04 Å². The number of amides is 1. The van der Waals surface area contributed by atoms with Gasteiger partial charge in [0.1, 0.15) is 5.60 Å². The van der Waals surface area contributed by atoms with Crippen molar-refractivity contribution in [3.63, 3.8) is 0 Å². The predicted molar refractivity (Wildman–Crippen MR) is 209 cm³/mol. The summed E-state index contributed by atoms with van der Waals surface area (Å²) in [7, 11) is -0.857. The quantitative estimate of drug-likeness (QED) is 0.0825. The van der Waals surface area contributed by atoms with Crippen molar-refractivity contribution >= 4 is 24.8 Å². The van der Waals surface area contributed by atoms with Gasteiger partial charge in [0.25, 0.3) is 8.32 Å². The summed E-state index contributed by atoms with van der Waals surface area (Å²) in [6.07, 6.45) is -0.363. The highest BCUT2D eigenvalue weighted by molar-refractivity contribution is 6.99. The van der Waals surface area contributed by atoms with Gasteiger partial charge in [-0.1, -0.05) is 81.4 Å². The maximum Gasteiger partial charge on any atom is 0.410 e. The van der Waals surface area contributed by atoms with Crippen molar-refractivity contribution in [3.8, 4) is 0 Å². The summed E-state index contributed by atoms with van der Waals surface area (Å²) in [5.74, 6) is 0. The van der Waals surface area contributed by atoms with Crippen LogP contribution in [0.1, 0.15) is 41.5 Å². The van der Waals surface area contributed by atoms with Crippen LogP contribution in [0, 0.1) is 0 Å². The second-order valence-electron chi connectivity index (χ2n) is 14.3. The van der Waals surface area contributed by atoms with E-state index < -0.39 is 13.9 Å². The molecule has 0 heterocycles. The molecular formula is C40H67NO11Si. The van der Waals surface area contributed by atoms with Crippen molar-refractivity contribution in [3.05, 3.63) is 60.7 Å². The Labute approximate surface area is 319 Å². The highest BCUT2D eigenvalue weighted by Crippen LogP contribution is 2.36. The molecule has 0 aliphatic heterocycles. The van der Waals surface area contributed by atoms with Gasteiger partial charge < -0.3 is 52.0 Å². The summed E-state index contributed by atoms with van der Waals surface area (Å²) in [4.78, 5) is 13.4. The number of ether oxygens (including phenoxy) is 9. The molecule has 0 atom stereocenters. The second-order valence-corrected chi connectivity index (χ2v) is 18.6. The maximum absolute atomic E-state index is 11.9. The van der Waals surface area contributed by atoms with Crippen molar-refractivity contribution in [2.75, 3.05) is 126 Å². The molecule has 2 aromatic rings. The van der Waals surface area contributed by atoms with Crippen LogP contribution in [0.25, 0.3) is 0 Å². The number of carbonyl (C=O) groups excluding carboxylic acids is 1. The molecule has 2 aromatic carbocycles. The lowest BCUT2D eigenvalue weighted by atomic mass is 10.2. The molecule has 0 aromatic heterocycles. The van der Waals surface area contributed by atoms with E-state index in [1.165, 1.54) is 15.3 Å². The first-order valence-electron chi connectivity index (χ1n) is 18.8. The molecule has 0 radical (unpaired) electrons. The first-order chi connectivity index (χ1) is 25.5. The molecule has 2 rings (SSSR count). The van der Waals surface area contributed by atoms with E-state index in [2.05, 4.69) is 81.4 Å². The van der Waals surface area contributed by atoms with Gasteiger partial charge in [-0.3, -0.25) is 0 Å². The molecular weight excluding hydrogens is 699 g/mol. The van der Waals surface area contributed by atoms with Crippen molar-refractivity contribution in [2.24, 2.45) is 0 Å². The Morgan fingerprint density at radius 3 is 1.09 bits per heavy atom. The third-order valence-corrected chi connectivity index (χ3v) is 12.9. The van der Waals surface area contributed by atoms with Gasteiger partial charge in [-0.15, -0.1) is 0 Å². The van der Waals surface area contributed by atoms with Gasteiger partial charge in [-0.25, -0.2) is 4.79 Å². The molecule has 0 bridgehead atoms. The monoisotopic (exact) mass is 765 g/mol. The van der Waals surface area contributed by atoms with E-state index in [-0.39, 0.29) is 11.1 Å². The van der Waals surface area contributed by atoms with Crippen LogP contribution in [0.4, 0.5) is 4.79 Å². The summed E-state index contributed by atoms with van der Waals surface area (Å²) in [6, 6.07) is 21.3. The van der Waals surface area contributed by atoms with Gasteiger partial charge in [0, 0.05) is 13.6 Å². The van der Waals surface area contributed by atoms with E-state index in [1.54, 1.807) is 7.05 Å². The van der Waals surface area contributed by atoms with E-state index in [9.17, 15) is 4.79 Å². The third kappa shape index (κ3) is 20.2. The zero-order chi connectivity index (χ0) is 38.7. The van der Waals surface area contributed by atoms with Gasteiger partial charge in [0.15, 0.2) is 0 Å². The minimum absolute atomic E-state index is 0.0596. The van der Waals surface area contributed by atoms with Crippen LogP contribution in [0.3, 0.4) is 0 Å². The second kappa shape index (κ2) is 27.2. The fourth-order valence-electron chi connectivity index (χ4n) is 5.29. The zero-order valence-electron chi connectivity index (χ0n) is 33.4. The fourth-order valence-corrected chi connectivity index (χ4v) is 9.83. The normalized spacial score (nSPS) is 12.3. The van der Waals surface area contributed by atoms with Crippen LogP contribution >= 0.6 is 0 Å². The van der Waals surface area contributed by atoms with Gasteiger partial charge in [0.05, 0.1) is 112 Å². The number of rotatable bonds is 30. The lowest BCUT2D eigenvalue weighted by Crippen LogP contribution is -2.66. The Morgan fingerprint density at radius 2 is 0.792 bits per heavy atom. The molecule has 0 aliphatic rings. The molecule has 0 spiro atoms. The first kappa shape index (κ1) is 46.7. The van der Waals surface area contributed by atoms with Crippen LogP contribution in [-0.2, 0) is 47.1 Å². The average Bonchev–Trinajstić information content (AvgIpc) is 3.12. The fraction of sp³-hybridized carbons (Fsp3) is 0.675. The molecule has 0 aliphatic carbocycles. The van der Waals surface area contributed by atoms with Crippen LogP contribution < -0.4 is 10.4 Å². The predicted octanol–water partition coefficient (Wildman–Crippen LogP) is 4.56. The van der Waals surface area contributed by atoms with Gasteiger partial charge >= 0.3 is 6.09 Å². The lowest BCUT2D eigenvalue weighted by Gasteiger charge is -2.43. The largest absolute Gasteiger partial charge is 0.444 e. The Kier molecular flexibility index (Phi) is 24.0. The number of nitrogens with zero attached hydrogens (tertiary/aromatic N) is 1. The topological polar surface area (TPSA) is 113 Å². The standard InChI is InChI=1S/C40H67NO11Si/c1-39(2,3)52-38(42)41(7)18-19-43-20-21-44-22-23-45-24-25-46-26-27-47-28-29-48-30-31-49-32-33-50-34-35-51-53(40(4,5)6,36-14-10-8-11-15-36)37-16-12-9-13-17-37/h8-17H,18-35H2,1-7H3. The van der Waals surface area contributed by atoms with Gasteiger partial charge in [-0.2, -0.15) is 0 Å². The third-order valence-electron chi connectivity index (χ3n) is 7.84. The molecule has 1 amide bonds. The van der Waals surface area contributed by atoms with Crippen molar-refractivity contribution in [2.45, 2.75) is 52.2 Å². The number of benzene rings is 2. The Balaban J connectivity index is 1.35. The summed E-state index contributed by atoms with van der Waals surface area (Å²) in [5.41, 5.74) is -0.511. The summed E-state index contributed by atoms with van der Waals surface area (Å²) >= 11 is 0. The molecule has 53 heavy (non-hydrogen) atoms. The Morgan fingerprint density at radius 1 is 0.491 bits per heavy atom. The molecule has 12 nitrogen and oxygen atoms in total. The Hall–Kier alpha value is -2.43. The van der Waals surface area contributed by atoms with Crippen molar-refractivity contribution in [1.29, 1.82) is 0 Å². The lowest BCUT2D eigenvalue weighted by molar-refractivity contribution is -0.0241. The molecule has 0 saturated carbocycles. The first-order valence-corrected chi connectivity index (χ1v) is 20.7. The van der Waals surface area contributed by atoms with Crippen LogP contribution in [0.15, 0.2) is 60.7 Å². The average molecular weight is 766 g/mol. The highest BCUT2D eigenvalue weighted by atomic mass is 28.4. The molecule has 0 unspecified atom stereocenters. The zero-order valence-corrected chi connectivity index (χ0v) is 34.4. The van der Waals surface area contributed by atoms with Crippen LogP contribution in [0.5, 0.6) is 0 Å². The SMILES string of the molecule is CN(CCOCCOCCOCCOCCOCCOCCOCCOCCO[Si](c1ccccc1)(c1ccccc1)C(C)(C)C)C(=O)OC(C)(C)C. The van der Waals surface area contributed by atoms with E-state index >= 15 is 0 Å². The van der Waals surface area contributed by atoms with E-state index in [1.807, 2.05) is 20.8 Å². The molecule has 0 fully saturated rings. The van der Waals surface area contributed by atoms with Gasteiger partial charge in [0.2, 0.25) is 0 Å². The molecule has 0 saturated heterocycles. The molecule has 13 heteroatoms. The minimum Gasteiger partial charge on any atom is -0.444 e. The number of likely N-dealkylation sites (N-methyl/N-ethyl adjacent to an activating group) is 1. The molecule has 302 valence electrons. The molecule has 0 N–H and O–H groups in total. The summed E-state index contributed by atoms with van der Waals surface area (Å²) < 4.78 is 56.8. The highest BCUT2D eigenvalue weighted by Gasteiger charge is 2.50. The van der Waals surface area contributed by atoms with E-state index in [4.69, 9.17) is 47.1 Å². The number of hydrogen-bond acceptors (Lipinski definition) is 11. The van der Waals surface area contributed by atoms with Crippen molar-refractivity contribution < 1.29 is 51.9 Å². The van der Waals surface area contributed by atoms with E-state index in [0.29, 0.717) is 119 Å². The summed E-state index contributed by atoms with van der Waals surface area (Å²) in [5, 5.41) is 2.47. The van der Waals surface area contributed by atoms with Gasteiger partial charge in [-0.05, 0) is 36.2 Å². The van der Waals surface area contributed by atoms with Crippen molar-refractivity contribution in [1.82, 2.24) is 4.90 Å². The smallest absolute Gasteiger partial charge is 0.410 e.